The molecule has 3 amide bonds. The number of nitriles is 1. The van der Waals surface area contributed by atoms with Crippen LogP contribution in [0.3, 0.4) is 0 Å². The number of pyridine rings is 1. The maximum Gasteiger partial charge on any atom is 0.325 e. The second kappa shape index (κ2) is 5.62. The molecule has 2 aromatic rings. The van der Waals surface area contributed by atoms with Crippen LogP contribution in [-0.4, -0.2) is 26.8 Å². The average Bonchev–Trinajstić information content (AvgIpc) is 3.08. The zero-order chi connectivity index (χ0) is 17.6. The minimum absolute atomic E-state index is 0.131. The lowest BCUT2D eigenvalue weighted by Crippen LogP contribution is -2.49. The van der Waals surface area contributed by atoms with E-state index in [4.69, 9.17) is 0 Å². The number of hydrogen-bond acceptors (Lipinski definition) is 3. The minimum atomic E-state index is -0.741. The Hall–Kier alpha value is -2.81. The summed E-state index contributed by atoms with van der Waals surface area (Å²) >= 11 is 0. The van der Waals surface area contributed by atoms with Gasteiger partial charge in [-0.2, -0.15) is 5.26 Å². The molecule has 1 N–H and O–H groups in total. The number of nitrogens with zero attached hydrogens (tertiary/aromatic N) is 3. The normalized spacial score (nSPS) is 26.2. The Bertz CT molecular complexity index is 900. The van der Waals surface area contributed by atoms with Crippen LogP contribution in [-0.2, 0) is 11.3 Å². The molecule has 0 aromatic carbocycles. The molecular formula is C19H20N4O2. The number of nitrogens with one attached hydrogen (secondary N) is 1. The van der Waals surface area contributed by atoms with Gasteiger partial charge in [-0.15, -0.1) is 0 Å². The van der Waals surface area contributed by atoms with Crippen LogP contribution in [0.1, 0.15) is 43.7 Å². The summed E-state index contributed by atoms with van der Waals surface area (Å²) in [6.45, 7) is 2.31. The average molecular weight is 336 g/mol. The van der Waals surface area contributed by atoms with Gasteiger partial charge < -0.3 is 9.72 Å². The Balaban J connectivity index is 1.64. The summed E-state index contributed by atoms with van der Waals surface area (Å²) < 4.78 is 1.85. The van der Waals surface area contributed by atoms with E-state index in [9.17, 15) is 14.9 Å². The van der Waals surface area contributed by atoms with E-state index < -0.39 is 5.54 Å². The lowest BCUT2D eigenvalue weighted by Gasteiger charge is -2.33. The van der Waals surface area contributed by atoms with Crippen LogP contribution in [0.2, 0.25) is 0 Å². The largest absolute Gasteiger partial charge is 0.325 e. The first-order chi connectivity index (χ1) is 12.0. The number of aromatic nitrogens is 1. The third-order valence-electron chi connectivity index (χ3n) is 5.58. The number of imide groups is 1. The van der Waals surface area contributed by atoms with Gasteiger partial charge in [-0.25, -0.2) is 4.79 Å². The summed E-state index contributed by atoms with van der Waals surface area (Å²) in [5.74, 6) is 0.440. The van der Waals surface area contributed by atoms with Crippen molar-refractivity contribution in [3.05, 3.63) is 41.7 Å². The predicted octanol–water partition coefficient (Wildman–Crippen LogP) is 2.81. The van der Waals surface area contributed by atoms with Gasteiger partial charge in [-0.05, 0) is 43.7 Å². The molecule has 128 valence electrons. The van der Waals surface area contributed by atoms with Crippen molar-refractivity contribution in [2.24, 2.45) is 5.92 Å². The van der Waals surface area contributed by atoms with E-state index in [0.717, 1.165) is 18.4 Å². The molecule has 6 heteroatoms. The van der Waals surface area contributed by atoms with Gasteiger partial charge in [-0.3, -0.25) is 9.69 Å². The number of fused-ring (bicyclic) bond motifs is 1. The third-order valence-corrected chi connectivity index (χ3v) is 5.58. The highest BCUT2D eigenvalue weighted by Gasteiger charge is 2.52. The summed E-state index contributed by atoms with van der Waals surface area (Å²) in [4.78, 5) is 26.7. The first kappa shape index (κ1) is 15.7. The van der Waals surface area contributed by atoms with Crippen LogP contribution < -0.4 is 5.32 Å². The summed E-state index contributed by atoms with van der Waals surface area (Å²) in [6.07, 6.45) is 6.95. The molecule has 25 heavy (non-hydrogen) atoms. The monoisotopic (exact) mass is 336 g/mol. The van der Waals surface area contributed by atoms with E-state index in [-0.39, 0.29) is 18.5 Å². The first-order valence-electron chi connectivity index (χ1n) is 8.67. The molecule has 0 atom stereocenters. The van der Waals surface area contributed by atoms with Crippen LogP contribution >= 0.6 is 0 Å². The van der Waals surface area contributed by atoms with Crippen molar-refractivity contribution in [1.82, 2.24) is 14.6 Å². The minimum Gasteiger partial charge on any atom is -0.323 e. The smallest absolute Gasteiger partial charge is 0.323 e. The molecule has 3 heterocycles. The lowest BCUT2D eigenvalue weighted by molar-refractivity contribution is -0.133. The second-order valence-electron chi connectivity index (χ2n) is 7.22. The fourth-order valence-corrected chi connectivity index (χ4v) is 4.01. The van der Waals surface area contributed by atoms with Crippen molar-refractivity contribution in [1.29, 1.82) is 5.26 Å². The molecule has 1 aliphatic carbocycles. The molecule has 1 saturated heterocycles. The molecule has 2 aromatic heterocycles. The van der Waals surface area contributed by atoms with E-state index in [1.54, 1.807) is 0 Å². The molecule has 4 rings (SSSR count). The van der Waals surface area contributed by atoms with Crippen molar-refractivity contribution < 1.29 is 9.59 Å². The van der Waals surface area contributed by atoms with E-state index in [0.29, 0.717) is 29.9 Å². The van der Waals surface area contributed by atoms with Crippen LogP contribution in [0, 0.1) is 17.2 Å². The number of urea groups is 1. The van der Waals surface area contributed by atoms with Crippen molar-refractivity contribution >= 4 is 17.5 Å². The molecule has 0 bridgehead atoms. The fraction of sp³-hybridized carbons (Fsp3) is 0.421. The van der Waals surface area contributed by atoms with E-state index in [1.807, 2.05) is 35.0 Å². The maximum atomic E-state index is 13.0. The zero-order valence-corrected chi connectivity index (χ0v) is 14.2. The van der Waals surface area contributed by atoms with Gasteiger partial charge >= 0.3 is 6.03 Å². The number of hydrogen-bond donors (Lipinski definition) is 1. The highest BCUT2D eigenvalue weighted by Crippen LogP contribution is 2.37. The van der Waals surface area contributed by atoms with Crippen LogP contribution in [0.4, 0.5) is 4.79 Å². The van der Waals surface area contributed by atoms with Gasteiger partial charge in [0.15, 0.2) is 0 Å². The summed E-state index contributed by atoms with van der Waals surface area (Å²) in [5.41, 5.74) is 1.25. The zero-order valence-electron chi connectivity index (χ0n) is 14.2. The summed E-state index contributed by atoms with van der Waals surface area (Å²) in [7, 11) is 0. The van der Waals surface area contributed by atoms with E-state index in [1.165, 1.54) is 4.90 Å². The molecule has 0 unspecified atom stereocenters. The van der Waals surface area contributed by atoms with Gasteiger partial charge in [0, 0.05) is 18.0 Å². The predicted molar refractivity (Wildman–Crippen MR) is 91.6 cm³/mol. The topological polar surface area (TPSA) is 77.6 Å². The number of rotatable bonds is 2. The molecule has 2 aliphatic rings. The summed E-state index contributed by atoms with van der Waals surface area (Å²) in [6, 6.07) is 7.46. The van der Waals surface area contributed by atoms with Gasteiger partial charge in [0.1, 0.15) is 11.6 Å². The molecule has 1 spiro atoms. The Morgan fingerprint density at radius 3 is 2.80 bits per heavy atom. The van der Waals surface area contributed by atoms with Crippen LogP contribution in [0.15, 0.2) is 30.6 Å². The van der Waals surface area contributed by atoms with Gasteiger partial charge in [0.2, 0.25) is 0 Å². The Labute approximate surface area is 146 Å². The van der Waals surface area contributed by atoms with E-state index in [2.05, 4.69) is 18.3 Å². The Morgan fingerprint density at radius 2 is 2.08 bits per heavy atom. The molecule has 2 fully saturated rings. The fourth-order valence-electron chi connectivity index (χ4n) is 4.01. The highest BCUT2D eigenvalue weighted by molar-refractivity contribution is 6.07. The van der Waals surface area contributed by atoms with Gasteiger partial charge in [0.05, 0.1) is 17.6 Å². The number of carbonyl (C=O) groups is 2. The van der Waals surface area contributed by atoms with Gasteiger partial charge in [-0.1, -0.05) is 13.0 Å². The van der Waals surface area contributed by atoms with Crippen LogP contribution in [0.5, 0.6) is 0 Å². The Kier molecular flexibility index (Phi) is 3.53. The maximum absolute atomic E-state index is 13.0. The highest BCUT2D eigenvalue weighted by atomic mass is 16.2. The Morgan fingerprint density at radius 1 is 1.32 bits per heavy atom. The first-order valence-corrected chi connectivity index (χ1v) is 8.67. The molecule has 0 radical (unpaired) electrons. The van der Waals surface area contributed by atoms with Crippen LogP contribution in [0.25, 0.3) is 5.52 Å². The molecule has 6 nitrogen and oxygen atoms in total. The standard InChI is InChI=1S/C19H20N4O2/c1-13-5-7-19(8-6-13)17(24)23(18(25)21-19)12-14-11-22-9-3-2-4-16(22)15(14)10-20/h2-4,9,11,13H,5-8,12H2,1H3,(H,21,25). The number of amides is 3. The SMILES string of the molecule is CC1CCC2(CC1)NC(=O)N(Cc1cn3ccccc3c1C#N)C2=O. The van der Waals surface area contributed by atoms with Crippen molar-refractivity contribution in [3.63, 3.8) is 0 Å². The quantitative estimate of drug-likeness (QED) is 0.857. The number of carbonyl (C=O) groups excluding carboxylic acids is 2. The second-order valence-corrected chi connectivity index (χ2v) is 7.22. The summed E-state index contributed by atoms with van der Waals surface area (Å²) in [5, 5.41) is 12.4. The van der Waals surface area contributed by atoms with Gasteiger partial charge in [0.25, 0.3) is 5.91 Å². The van der Waals surface area contributed by atoms with E-state index >= 15 is 0 Å². The molecular weight excluding hydrogens is 316 g/mol. The molecule has 1 aliphatic heterocycles. The third kappa shape index (κ3) is 2.39. The van der Waals surface area contributed by atoms with Crippen molar-refractivity contribution in [3.8, 4) is 6.07 Å². The molecule has 1 saturated carbocycles. The lowest BCUT2D eigenvalue weighted by atomic mass is 9.77. The van der Waals surface area contributed by atoms with Crippen molar-refractivity contribution in [2.75, 3.05) is 0 Å². The van der Waals surface area contributed by atoms with Crippen molar-refractivity contribution in [2.45, 2.75) is 44.7 Å².